The van der Waals surface area contributed by atoms with Gasteiger partial charge in [-0.25, -0.2) is 8.42 Å². The van der Waals surface area contributed by atoms with Crippen LogP contribution in [0.15, 0.2) is 53.7 Å². The highest BCUT2D eigenvalue weighted by Gasteiger charge is 2.25. The van der Waals surface area contributed by atoms with E-state index in [2.05, 4.69) is 5.32 Å². The normalized spacial score (nSPS) is 15.6. The summed E-state index contributed by atoms with van der Waals surface area (Å²) in [7, 11) is -3.44. The molecule has 138 valence electrons. The van der Waals surface area contributed by atoms with Gasteiger partial charge in [-0.15, -0.1) is 0 Å². The Balaban J connectivity index is 1.63. The van der Waals surface area contributed by atoms with E-state index in [0.717, 1.165) is 24.8 Å². The number of benzene rings is 1. The van der Waals surface area contributed by atoms with Crippen LogP contribution in [0, 0.1) is 6.92 Å². The van der Waals surface area contributed by atoms with E-state index in [9.17, 15) is 13.2 Å². The summed E-state index contributed by atoms with van der Waals surface area (Å²) in [5.41, 5.74) is 1.72. The molecule has 0 spiro atoms. The van der Waals surface area contributed by atoms with E-state index in [1.165, 1.54) is 4.31 Å². The molecule has 0 aliphatic carbocycles. The van der Waals surface area contributed by atoms with Crippen molar-refractivity contribution in [3.63, 3.8) is 0 Å². The first-order valence-corrected chi connectivity index (χ1v) is 10.2. The molecule has 1 amide bonds. The maximum atomic E-state index is 12.6. The van der Waals surface area contributed by atoms with Crippen LogP contribution in [-0.2, 0) is 21.4 Å². The first kappa shape index (κ1) is 18.5. The third-order valence-corrected chi connectivity index (χ3v) is 6.39. The fraction of sp³-hybridized carbons (Fsp3) is 0.368. The zero-order valence-corrected chi connectivity index (χ0v) is 15.7. The Hall–Kier alpha value is -2.25. The van der Waals surface area contributed by atoms with Gasteiger partial charge < -0.3 is 5.32 Å². The van der Waals surface area contributed by atoms with Crippen molar-refractivity contribution < 1.29 is 17.8 Å². The zero-order chi connectivity index (χ0) is 18.6. The summed E-state index contributed by atoms with van der Waals surface area (Å²) in [6.07, 6.45) is 6.59. The smallest absolute Gasteiger partial charge is 0.290 e. The van der Waals surface area contributed by atoms with Crippen LogP contribution in [0.4, 0.5) is 5.69 Å². The Kier molecular flexibility index (Phi) is 5.68. The number of nitrogens with zero attached hydrogens (tertiary/aromatic N) is 2. The van der Waals surface area contributed by atoms with Crippen LogP contribution in [0.5, 0.6) is 0 Å². The Labute approximate surface area is 154 Å². The lowest BCUT2D eigenvalue weighted by Gasteiger charge is -2.25. The number of hydrogen-bond donors (Lipinski definition) is 1. The van der Waals surface area contributed by atoms with Gasteiger partial charge >= 0.3 is 0 Å². The van der Waals surface area contributed by atoms with Gasteiger partial charge in [-0.3, -0.25) is 4.79 Å². The van der Waals surface area contributed by atoms with Crippen LogP contribution in [-0.4, -0.2) is 31.7 Å². The standard InChI is InChI=1S/C19H23N3O3S/c1-16-9-13-21(14-10-16)15-19(23)20-17-5-7-18(8-6-17)26(24,25)22-11-3-2-4-12-22/h5-10,13-14H,2-4,11-12,15H2,1H3/p+1. The topological polar surface area (TPSA) is 70.4 Å². The monoisotopic (exact) mass is 374 g/mol. The van der Waals surface area contributed by atoms with Gasteiger partial charge in [-0.05, 0) is 49.6 Å². The van der Waals surface area contributed by atoms with Crippen molar-refractivity contribution in [1.82, 2.24) is 4.31 Å². The number of carbonyl (C=O) groups excluding carboxylic acids is 1. The van der Waals surface area contributed by atoms with E-state index in [1.54, 1.807) is 28.8 Å². The molecule has 2 aromatic rings. The average Bonchev–Trinajstić information content (AvgIpc) is 2.65. The number of aryl methyl sites for hydroxylation is 1. The van der Waals surface area contributed by atoms with Gasteiger partial charge in [0.05, 0.1) is 4.90 Å². The number of aromatic nitrogens is 1. The molecule has 1 N–H and O–H groups in total. The fourth-order valence-corrected chi connectivity index (χ4v) is 4.49. The van der Waals surface area contributed by atoms with Crippen LogP contribution in [0.3, 0.4) is 0 Å². The molecule has 0 saturated carbocycles. The highest BCUT2D eigenvalue weighted by atomic mass is 32.2. The molecular formula is C19H24N3O3S+. The minimum Gasteiger partial charge on any atom is -0.321 e. The SMILES string of the molecule is Cc1cc[n+](CC(=O)Nc2ccc(S(=O)(=O)N3CCCCC3)cc2)cc1. The summed E-state index contributed by atoms with van der Waals surface area (Å²) in [5, 5.41) is 2.80. The quantitative estimate of drug-likeness (QED) is 0.815. The van der Waals surface area contributed by atoms with Crippen molar-refractivity contribution in [2.24, 2.45) is 0 Å². The predicted octanol–water partition coefficient (Wildman–Crippen LogP) is 2.10. The van der Waals surface area contributed by atoms with Crippen LogP contribution in [0.1, 0.15) is 24.8 Å². The first-order valence-electron chi connectivity index (χ1n) is 8.81. The fourth-order valence-electron chi connectivity index (χ4n) is 2.97. The molecule has 0 bridgehead atoms. The first-order chi connectivity index (χ1) is 12.4. The molecule has 7 heteroatoms. The number of hydrogen-bond acceptors (Lipinski definition) is 3. The van der Waals surface area contributed by atoms with Crippen molar-refractivity contribution in [1.29, 1.82) is 0 Å². The molecule has 2 heterocycles. The number of nitrogens with one attached hydrogen (secondary N) is 1. The zero-order valence-electron chi connectivity index (χ0n) is 14.9. The molecule has 3 rings (SSSR count). The molecule has 1 aromatic heterocycles. The molecule has 0 unspecified atom stereocenters. The Morgan fingerprint density at radius 2 is 1.65 bits per heavy atom. The third-order valence-electron chi connectivity index (χ3n) is 4.47. The van der Waals surface area contributed by atoms with Gasteiger partial charge in [-0.1, -0.05) is 6.42 Å². The van der Waals surface area contributed by atoms with E-state index in [1.807, 2.05) is 31.5 Å². The van der Waals surface area contributed by atoms with Crippen molar-refractivity contribution in [2.45, 2.75) is 37.6 Å². The summed E-state index contributed by atoms with van der Waals surface area (Å²) < 4.78 is 28.6. The van der Waals surface area contributed by atoms with Gasteiger partial charge in [-0.2, -0.15) is 8.87 Å². The Morgan fingerprint density at radius 1 is 1.04 bits per heavy atom. The summed E-state index contributed by atoms with van der Waals surface area (Å²) in [4.78, 5) is 12.4. The predicted molar refractivity (Wildman–Crippen MR) is 99.1 cm³/mol. The van der Waals surface area contributed by atoms with Crippen molar-refractivity contribution >= 4 is 21.6 Å². The Bertz CT molecular complexity index is 856. The second-order valence-corrected chi connectivity index (χ2v) is 8.52. The molecule has 0 radical (unpaired) electrons. The van der Waals surface area contributed by atoms with Crippen LogP contribution < -0.4 is 9.88 Å². The molecule has 6 nitrogen and oxygen atoms in total. The van der Waals surface area contributed by atoms with Crippen LogP contribution in [0.2, 0.25) is 0 Å². The highest BCUT2D eigenvalue weighted by Crippen LogP contribution is 2.21. The Morgan fingerprint density at radius 3 is 2.27 bits per heavy atom. The molecule has 0 atom stereocenters. The molecule has 26 heavy (non-hydrogen) atoms. The lowest BCUT2D eigenvalue weighted by atomic mass is 10.2. The number of carbonyl (C=O) groups is 1. The van der Waals surface area contributed by atoms with E-state index < -0.39 is 10.0 Å². The van der Waals surface area contributed by atoms with Gasteiger partial charge in [0.25, 0.3) is 5.91 Å². The van der Waals surface area contributed by atoms with Gasteiger partial charge in [0.2, 0.25) is 16.6 Å². The van der Waals surface area contributed by atoms with E-state index in [-0.39, 0.29) is 17.3 Å². The van der Waals surface area contributed by atoms with E-state index >= 15 is 0 Å². The van der Waals surface area contributed by atoms with Gasteiger partial charge in [0.1, 0.15) is 0 Å². The number of anilines is 1. The van der Waals surface area contributed by atoms with Gasteiger partial charge in [0.15, 0.2) is 12.4 Å². The number of amides is 1. The molecule has 1 saturated heterocycles. The minimum atomic E-state index is -3.44. The van der Waals surface area contributed by atoms with E-state index in [4.69, 9.17) is 0 Å². The number of piperidine rings is 1. The molecular weight excluding hydrogens is 350 g/mol. The van der Waals surface area contributed by atoms with Crippen molar-refractivity contribution in [3.8, 4) is 0 Å². The van der Waals surface area contributed by atoms with Gasteiger partial charge in [0, 0.05) is 30.9 Å². The third kappa shape index (κ3) is 4.47. The second-order valence-electron chi connectivity index (χ2n) is 6.59. The lowest BCUT2D eigenvalue weighted by Crippen LogP contribution is -2.39. The van der Waals surface area contributed by atoms with Crippen LogP contribution >= 0.6 is 0 Å². The summed E-state index contributed by atoms with van der Waals surface area (Å²) in [6.45, 7) is 3.35. The van der Waals surface area contributed by atoms with Crippen molar-refractivity contribution in [3.05, 3.63) is 54.4 Å². The summed E-state index contributed by atoms with van der Waals surface area (Å²) in [5.74, 6) is -0.162. The highest BCUT2D eigenvalue weighted by molar-refractivity contribution is 7.89. The maximum Gasteiger partial charge on any atom is 0.290 e. The lowest BCUT2D eigenvalue weighted by molar-refractivity contribution is -0.684. The maximum absolute atomic E-state index is 12.6. The summed E-state index contributed by atoms with van der Waals surface area (Å²) in [6, 6.07) is 10.3. The second kappa shape index (κ2) is 7.97. The molecule has 1 fully saturated rings. The minimum absolute atomic E-state index is 0.162. The summed E-state index contributed by atoms with van der Waals surface area (Å²) >= 11 is 0. The number of sulfonamides is 1. The van der Waals surface area contributed by atoms with Crippen LogP contribution in [0.25, 0.3) is 0 Å². The average molecular weight is 374 g/mol. The molecule has 1 aromatic carbocycles. The number of rotatable bonds is 5. The van der Waals surface area contributed by atoms with E-state index in [0.29, 0.717) is 18.8 Å². The largest absolute Gasteiger partial charge is 0.321 e. The van der Waals surface area contributed by atoms with Crippen molar-refractivity contribution in [2.75, 3.05) is 18.4 Å². The molecule has 1 aliphatic rings. The number of pyridine rings is 1. The molecule has 1 aliphatic heterocycles.